The molecule has 4 nitrogen and oxygen atoms in total. The van der Waals surface area contributed by atoms with Crippen molar-refractivity contribution in [2.75, 3.05) is 5.75 Å². The van der Waals surface area contributed by atoms with Crippen LogP contribution in [0.15, 0.2) is 0 Å². The van der Waals surface area contributed by atoms with E-state index in [0.29, 0.717) is 6.42 Å². The second-order valence-electron chi connectivity index (χ2n) is 5.44. The van der Waals surface area contributed by atoms with Gasteiger partial charge in [0.2, 0.25) is 0 Å². The zero-order valence-electron chi connectivity index (χ0n) is 9.23. The third kappa shape index (κ3) is 1.93. The van der Waals surface area contributed by atoms with E-state index >= 15 is 0 Å². The number of hydrogen-bond acceptors (Lipinski definition) is 3. The first-order chi connectivity index (χ1) is 7.12. The molecule has 0 saturated heterocycles. The molecular weight excluding hydrogens is 305 g/mol. The summed E-state index contributed by atoms with van der Waals surface area (Å²) >= 11 is 3.35. The van der Waals surface area contributed by atoms with Crippen molar-refractivity contribution in [1.29, 1.82) is 0 Å². The third-order valence-corrected chi connectivity index (χ3v) is 6.46. The molecular formula is C10H17BeBrO4S. The van der Waals surface area contributed by atoms with Gasteiger partial charge in [0.1, 0.15) is 0 Å². The maximum atomic E-state index is 12.2. The molecule has 0 heterocycles. The summed E-state index contributed by atoms with van der Waals surface area (Å²) in [6.07, 6.45) is 1.40. The second-order valence-corrected chi connectivity index (χ2v) is 7.88. The van der Waals surface area contributed by atoms with Crippen molar-refractivity contribution in [2.45, 2.75) is 31.5 Å². The predicted molar refractivity (Wildman–Crippen MR) is 71.6 cm³/mol. The monoisotopic (exact) mass is 321 g/mol. The SMILES string of the molecule is CC1(C)C2CCC1(CS(=O)(=O)O)C(=O)C2Br.[BeH2]. The molecule has 7 heteroatoms. The molecule has 0 aromatic heterocycles. The standard InChI is InChI=1S/C10H15BrO4S.Be.2H/c1-9(2)6-3-4-10(9,5-16(13,14)15)8(12)7(6)11;;;/h6-7H,3-5H2,1-2H3,(H,13,14,15);;;. The van der Waals surface area contributed by atoms with Gasteiger partial charge in [0.25, 0.3) is 10.1 Å². The average molecular weight is 322 g/mol. The number of carbonyl (C=O) groups is 1. The quantitative estimate of drug-likeness (QED) is 0.462. The zero-order valence-corrected chi connectivity index (χ0v) is 11.6. The van der Waals surface area contributed by atoms with Crippen molar-refractivity contribution in [3.05, 3.63) is 0 Å². The van der Waals surface area contributed by atoms with Crippen LogP contribution in [-0.4, -0.2) is 39.5 Å². The molecule has 96 valence electrons. The Kier molecular flexibility index (Phi) is 3.70. The summed E-state index contributed by atoms with van der Waals surface area (Å²) < 4.78 is 31.2. The van der Waals surface area contributed by atoms with Gasteiger partial charge < -0.3 is 0 Å². The van der Waals surface area contributed by atoms with Gasteiger partial charge in [0.15, 0.2) is 5.78 Å². The Labute approximate surface area is 114 Å². The molecule has 2 aliphatic carbocycles. The Bertz CT molecular complexity index is 447. The minimum absolute atomic E-state index is 0. The van der Waals surface area contributed by atoms with Gasteiger partial charge in [0.05, 0.1) is 16.0 Å². The fourth-order valence-electron chi connectivity index (χ4n) is 3.48. The van der Waals surface area contributed by atoms with Gasteiger partial charge in [-0.2, -0.15) is 8.42 Å². The van der Waals surface area contributed by atoms with E-state index in [1.165, 1.54) is 0 Å². The molecule has 2 rings (SSSR count). The summed E-state index contributed by atoms with van der Waals surface area (Å²) in [5.74, 6) is -0.335. The number of fused-ring (bicyclic) bond motifs is 2. The first kappa shape index (κ1) is 15.3. The Morgan fingerprint density at radius 1 is 1.47 bits per heavy atom. The normalized spacial score (nSPS) is 39.2. The van der Waals surface area contributed by atoms with E-state index in [4.69, 9.17) is 4.55 Å². The van der Waals surface area contributed by atoms with Gasteiger partial charge >= 0.3 is 10.1 Å². The fourth-order valence-corrected chi connectivity index (χ4v) is 6.12. The van der Waals surface area contributed by atoms with Crippen molar-refractivity contribution < 1.29 is 17.8 Å². The van der Waals surface area contributed by atoms with E-state index in [-0.39, 0.29) is 32.1 Å². The molecule has 3 atom stereocenters. The minimum atomic E-state index is -4.12. The van der Waals surface area contributed by atoms with Crippen molar-refractivity contribution in [2.24, 2.45) is 16.7 Å². The van der Waals surface area contributed by atoms with Crippen molar-refractivity contribution in [3.63, 3.8) is 0 Å². The van der Waals surface area contributed by atoms with Gasteiger partial charge in [-0.05, 0) is 24.2 Å². The summed E-state index contributed by atoms with van der Waals surface area (Å²) in [5.41, 5.74) is -1.27. The first-order valence-electron chi connectivity index (χ1n) is 5.25. The Morgan fingerprint density at radius 3 is 2.35 bits per heavy atom. The summed E-state index contributed by atoms with van der Waals surface area (Å²) in [4.78, 5) is 11.9. The molecule has 17 heavy (non-hydrogen) atoms. The molecule has 2 aliphatic rings. The Balaban J connectivity index is 0.00000144. The molecule has 3 unspecified atom stereocenters. The number of ketones is 1. The Hall–Kier alpha value is 0.229. The van der Waals surface area contributed by atoms with Crippen molar-refractivity contribution in [1.82, 2.24) is 0 Å². The molecule has 0 spiro atoms. The molecule has 2 fully saturated rings. The summed E-state index contributed by atoms with van der Waals surface area (Å²) in [6, 6.07) is 0. The van der Waals surface area contributed by atoms with E-state index in [2.05, 4.69) is 15.9 Å². The van der Waals surface area contributed by atoms with Gasteiger partial charge in [-0.15, -0.1) is 0 Å². The van der Waals surface area contributed by atoms with Crippen LogP contribution in [-0.2, 0) is 14.9 Å². The molecule has 0 amide bonds. The maximum absolute atomic E-state index is 12.2. The molecule has 0 aliphatic heterocycles. The second kappa shape index (κ2) is 4.12. The van der Waals surface area contributed by atoms with Crippen LogP contribution in [0.1, 0.15) is 26.7 Å². The first-order valence-corrected chi connectivity index (χ1v) is 7.78. The number of carbonyl (C=O) groups excluding carboxylic acids is 1. The van der Waals surface area contributed by atoms with Crippen LogP contribution < -0.4 is 0 Å². The van der Waals surface area contributed by atoms with Crippen LogP contribution in [0, 0.1) is 16.7 Å². The number of halogens is 1. The zero-order chi connectivity index (χ0) is 12.4. The van der Waals surface area contributed by atoms with Gasteiger partial charge in [0, 0.05) is 0 Å². The number of alkyl halides is 1. The van der Waals surface area contributed by atoms with Crippen LogP contribution in [0.5, 0.6) is 0 Å². The summed E-state index contributed by atoms with van der Waals surface area (Å²) in [6.45, 7) is 3.85. The van der Waals surface area contributed by atoms with Crippen LogP contribution in [0.3, 0.4) is 0 Å². The van der Waals surface area contributed by atoms with Gasteiger partial charge in [-0.3, -0.25) is 9.35 Å². The van der Waals surface area contributed by atoms with Gasteiger partial charge in [-0.25, -0.2) is 0 Å². The molecule has 0 aromatic rings. The third-order valence-electron chi connectivity index (χ3n) is 4.55. The van der Waals surface area contributed by atoms with Crippen LogP contribution >= 0.6 is 15.9 Å². The van der Waals surface area contributed by atoms with Crippen molar-refractivity contribution >= 4 is 42.0 Å². The molecule has 2 bridgehead atoms. The number of rotatable bonds is 2. The molecule has 1 N–H and O–H groups in total. The van der Waals surface area contributed by atoms with E-state index < -0.39 is 21.3 Å². The van der Waals surface area contributed by atoms with Crippen LogP contribution in [0.2, 0.25) is 0 Å². The van der Waals surface area contributed by atoms with E-state index in [1.54, 1.807) is 0 Å². The van der Waals surface area contributed by atoms with E-state index in [1.807, 2.05) is 13.8 Å². The Morgan fingerprint density at radius 2 is 2.00 bits per heavy atom. The average Bonchev–Trinajstić information content (AvgIpc) is 2.39. The fraction of sp³-hybridized carbons (Fsp3) is 0.900. The van der Waals surface area contributed by atoms with Crippen molar-refractivity contribution in [3.8, 4) is 0 Å². The van der Waals surface area contributed by atoms with Crippen LogP contribution in [0.4, 0.5) is 0 Å². The number of hydrogen-bond donors (Lipinski definition) is 1. The van der Waals surface area contributed by atoms with E-state index in [9.17, 15) is 13.2 Å². The summed E-state index contributed by atoms with van der Waals surface area (Å²) in [5, 5.41) is 0. The van der Waals surface area contributed by atoms with Crippen LogP contribution in [0.25, 0.3) is 0 Å². The topological polar surface area (TPSA) is 71.4 Å². The molecule has 0 aromatic carbocycles. The van der Waals surface area contributed by atoms with Gasteiger partial charge in [-0.1, -0.05) is 29.8 Å². The number of Topliss-reactive ketones (excluding diaryl/α,β-unsaturated/α-hetero) is 1. The van der Waals surface area contributed by atoms with E-state index in [0.717, 1.165) is 6.42 Å². The summed E-state index contributed by atoms with van der Waals surface area (Å²) in [7, 11) is -4.12. The molecule has 2 saturated carbocycles. The predicted octanol–water partition coefficient (Wildman–Crippen LogP) is 0.727. The molecule has 0 radical (unpaired) electrons.